The molecule has 5 nitrogen and oxygen atoms in total. The maximum atomic E-state index is 10.9. The number of thioether (sulfide) groups is 1. The largest absolute Gasteiger partial charge is 0.479 e. The number of piperidine rings is 1. The van der Waals surface area contributed by atoms with E-state index in [1.807, 2.05) is 0 Å². The first-order valence-electron chi connectivity index (χ1n) is 9.60. The summed E-state index contributed by atoms with van der Waals surface area (Å²) in [6.45, 7) is 11.5. The Morgan fingerprint density at radius 3 is 2.16 bits per heavy atom. The van der Waals surface area contributed by atoms with Crippen LogP contribution in [0, 0.1) is 0 Å². The van der Waals surface area contributed by atoms with Crippen molar-refractivity contribution < 1.29 is 19.8 Å². The molecule has 1 rings (SSSR count). The van der Waals surface area contributed by atoms with Crippen molar-refractivity contribution in [3.63, 3.8) is 0 Å². The van der Waals surface area contributed by atoms with Crippen LogP contribution in [0.4, 0.5) is 0 Å². The predicted molar refractivity (Wildman–Crippen MR) is 104 cm³/mol. The highest BCUT2D eigenvalue weighted by molar-refractivity contribution is 8.01. The van der Waals surface area contributed by atoms with Crippen LogP contribution in [0.2, 0.25) is 0 Å². The van der Waals surface area contributed by atoms with Gasteiger partial charge in [-0.1, -0.05) is 39.0 Å². The van der Waals surface area contributed by atoms with Gasteiger partial charge < -0.3 is 10.2 Å². The molecule has 0 aromatic heterocycles. The minimum Gasteiger partial charge on any atom is -0.479 e. The van der Waals surface area contributed by atoms with Crippen LogP contribution in [-0.4, -0.2) is 49.6 Å². The van der Waals surface area contributed by atoms with Gasteiger partial charge in [-0.15, -0.1) is 11.8 Å². The highest BCUT2D eigenvalue weighted by Gasteiger charge is 2.47. The maximum absolute atomic E-state index is 10.9. The smallest absolute Gasteiger partial charge is 0.343 e. The maximum Gasteiger partial charge on any atom is 0.343 e. The SMILES string of the molecule is CCCCCCCCON1C(C)(C)CC(SC(O)C(=O)O)CC1(C)C. The number of unbranched alkanes of at least 4 members (excludes halogenated alkanes) is 5. The van der Waals surface area contributed by atoms with E-state index in [0.717, 1.165) is 37.6 Å². The first kappa shape index (κ1) is 22.7. The van der Waals surface area contributed by atoms with Gasteiger partial charge in [-0.05, 0) is 47.0 Å². The van der Waals surface area contributed by atoms with Gasteiger partial charge in [-0.3, -0.25) is 4.84 Å². The average molecular weight is 376 g/mol. The minimum atomic E-state index is -1.35. The molecule has 0 aromatic carbocycles. The van der Waals surface area contributed by atoms with E-state index in [1.165, 1.54) is 32.1 Å². The van der Waals surface area contributed by atoms with E-state index in [2.05, 4.69) is 39.7 Å². The van der Waals surface area contributed by atoms with Crippen LogP contribution in [0.5, 0.6) is 0 Å². The van der Waals surface area contributed by atoms with Crippen molar-refractivity contribution in [2.45, 2.75) is 108 Å². The number of aliphatic hydroxyl groups excluding tert-OH is 1. The Hall–Kier alpha value is -0.300. The third kappa shape index (κ3) is 7.45. The fourth-order valence-corrected chi connectivity index (χ4v) is 5.39. The van der Waals surface area contributed by atoms with Gasteiger partial charge in [-0.25, -0.2) is 4.79 Å². The third-order valence-corrected chi connectivity index (χ3v) is 5.98. The molecule has 0 aromatic rings. The molecule has 1 saturated heterocycles. The number of carboxylic acid groups (broad SMARTS) is 1. The van der Waals surface area contributed by atoms with Gasteiger partial charge >= 0.3 is 5.97 Å². The highest BCUT2D eigenvalue weighted by Crippen LogP contribution is 2.43. The van der Waals surface area contributed by atoms with Gasteiger partial charge in [-0.2, -0.15) is 5.06 Å². The lowest BCUT2D eigenvalue weighted by Gasteiger charge is -2.53. The molecular weight excluding hydrogens is 338 g/mol. The highest BCUT2D eigenvalue weighted by atomic mass is 32.2. The van der Waals surface area contributed by atoms with E-state index < -0.39 is 11.4 Å². The van der Waals surface area contributed by atoms with E-state index >= 15 is 0 Å². The van der Waals surface area contributed by atoms with Crippen molar-refractivity contribution in [3.8, 4) is 0 Å². The lowest BCUT2D eigenvalue weighted by molar-refractivity contribution is -0.280. The third-order valence-electron chi connectivity index (χ3n) is 4.80. The molecule has 0 amide bonds. The molecule has 1 heterocycles. The van der Waals surface area contributed by atoms with E-state index in [-0.39, 0.29) is 16.3 Å². The Balaban J connectivity index is 2.51. The summed E-state index contributed by atoms with van der Waals surface area (Å²) in [7, 11) is 0. The quantitative estimate of drug-likeness (QED) is 0.411. The fraction of sp³-hybridized carbons (Fsp3) is 0.947. The molecule has 0 bridgehead atoms. The second-order valence-electron chi connectivity index (χ2n) is 8.38. The van der Waals surface area contributed by atoms with Gasteiger partial charge in [0.2, 0.25) is 0 Å². The summed E-state index contributed by atoms with van der Waals surface area (Å²) in [5, 5.41) is 20.8. The van der Waals surface area contributed by atoms with Crippen molar-refractivity contribution in [2.75, 3.05) is 6.61 Å². The molecular formula is C19H37NO4S. The standard InChI is InChI=1S/C19H37NO4S/c1-6-7-8-9-10-11-12-24-20-18(2,3)13-15(14-19(20,4)5)25-17(23)16(21)22/h15,17,23H,6-14H2,1-5H3,(H,21,22). The number of hydrogen-bond acceptors (Lipinski definition) is 5. The van der Waals surface area contributed by atoms with Crippen LogP contribution >= 0.6 is 11.8 Å². The van der Waals surface area contributed by atoms with Gasteiger partial charge in [0.25, 0.3) is 0 Å². The van der Waals surface area contributed by atoms with Crippen molar-refractivity contribution >= 4 is 17.7 Å². The predicted octanol–water partition coefficient (Wildman–Crippen LogP) is 4.44. The molecule has 6 heteroatoms. The van der Waals surface area contributed by atoms with Crippen molar-refractivity contribution in [1.82, 2.24) is 5.06 Å². The van der Waals surface area contributed by atoms with Gasteiger partial charge in [0.05, 0.1) is 6.61 Å². The molecule has 0 spiro atoms. The Morgan fingerprint density at radius 1 is 1.12 bits per heavy atom. The molecule has 1 aliphatic rings. The molecule has 148 valence electrons. The summed E-state index contributed by atoms with van der Waals surface area (Å²) < 4.78 is 0. The molecule has 0 radical (unpaired) electrons. The summed E-state index contributed by atoms with van der Waals surface area (Å²) in [5.41, 5.74) is -1.74. The second kappa shape index (κ2) is 10.1. The minimum absolute atomic E-state index is 0.102. The number of carbonyl (C=O) groups is 1. The Morgan fingerprint density at radius 2 is 1.64 bits per heavy atom. The number of rotatable bonds is 11. The van der Waals surface area contributed by atoms with E-state index in [4.69, 9.17) is 9.94 Å². The molecule has 0 aliphatic carbocycles. The summed E-state index contributed by atoms with van der Waals surface area (Å²) in [5.74, 6) is -1.16. The molecule has 1 fully saturated rings. The summed E-state index contributed by atoms with van der Waals surface area (Å²) in [4.78, 5) is 17.1. The van der Waals surface area contributed by atoms with Gasteiger partial charge in [0.15, 0.2) is 5.44 Å². The van der Waals surface area contributed by atoms with E-state index in [1.54, 1.807) is 0 Å². The average Bonchev–Trinajstić information content (AvgIpc) is 2.47. The first-order valence-corrected chi connectivity index (χ1v) is 10.5. The van der Waals surface area contributed by atoms with Crippen LogP contribution in [0.25, 0.3) is 0 Å². The number of hydrogen-bond donors (Lipinski definition) is 2. The van der Waals surface area contributed by atoms with E-state index in [0.29, 0.717) is 0 Å². The number of hydroxylamine groups is 2. The summed E-state index contributed by atoms with van der Waals surface area (Å²) in [6.07, 6.45) is 9.03. The first-order chi connectivity index (χ1) is 11.6. The van der Waals surface area contributed by atoms with Crippen LogP contribution in [0.3, 0.4) is 0 Å². The van der Waals surface area contributed by atoms with Crippen molar-refractivity contribution in [2.24, 2.45) is 0 Å². The fourth-order valence-electron chi connectivity index (χ4n) is 3.90. The zero-order valence-electron chi connectivity index (χ0n) is 16.6. The van der Waals surface area contributed by atoms with Crippen LogP contribution in [0.1, 0.15) is 86.0 Å². The molecule has 1 atom stereocenters. The molecule has 0 saturated carbocycles. The number of aliphatic carboxylic acids is 1. The Bertz CT molecular complexity index is 396. The molecule has 25 heavy (non-hydrogen) atoms. The van der Waals surface area contributed by atoms with Crippen LogP contribution < -0.4 is 0 Å². The van der Waals surface area contributed by atoms with Gasteiger partial charge in [0.1, 0.15) is 0 Å². The zero-order chi connectivity index (χ0) is 19.1. The van der Waals surface area contributed by atoms with Crippen molar-refractivity contribution in [3.05, 3.63) is 0 Å². The Labute approximate surface area is 157 Å². The van der Waals surface area contributed by atoms with Crippen molar-refractivity contribution in [1.29, 1.82) is 0 Å². The second-order valence-corrected chi connectivity index (χ2v) is 9.76. The monoisotopic (exact) mass is 375 g/mol. The number of carboxylic acids is 1. The zero-order valence-corrected chi connectivity index (χ0v) is 17.4. The lowest BCUT2D eigenvalue weighted by Crippen LogP contribution is -2.61. The summed E-state index contributed by atoms with van der Waals surface area (Å²) >= 11 is 1.15. The molecule has 1 unspecified atom stereocenters. The van der Waals surface area contributed by atoms with Gasteiger partial charge in [0, 0.05) is 16.3 Å². The summed E-state index contributed by atoms with van der Waals surface area (Å²) in [6, 6.07) is 0. The molecule has 1 aliphatic heterocycles. The van der Waals surface area contributed by atoms with Crippen LogP contribution in [0.15, 0.2) is 0 Å². The number of nitrogens with zero attached hydrogens (tertiary/aromatic N) is 1. The van der Waals surface area contributed by atoms with E-state index in [9.17, 15) is 9.90 Å². The van der Waals surface area contributed by atoms with Crippen LogP contribution in [-0.2, 0) is 9.63 Å². The normalized spacial score (nSPS) is 22.0. The molecule has 2 N–H and O–H groups in total. The number of aliphatic hydroxyl groups is 1. The topological polar surface area (TPSA) is 70.0 Å². The lowest BCUT2D eigenvalue weighted by atomic mass is 9.82. The Kier molecular flexibility index (Phi) is 9.23.